The van der Waals surface area contributed by atoms with Crippen LogP contribution in [0.4, 0.5) is 17.1 Å². The molecule has 2 aromatic carbocycles. The molecule has 0 aromatic heterocycles. The lowest BCUT2D eigenvalue weighted by atomic mass is 10.0. The highest BCUT2D eigenvalue weighted by Gasteiger charge is 2.43. The number of ether oxygens (including phenoxy) is 1. The topological polar surface area (TPSA) is 96.2 Å². The second-order valence-electron chi connectivity index (χ2n) is 7.49. The van der Waals surface area contributed by atoms with E-state index in [-0.39, 0.29) is 11.3 Å². The van der Waals surface area contributed by atoms with Crippen LogP contribution in [0, 0.1) is 10.1 Å². The predicted octanol–water partition coefficient (Wildman–Crippen LogP) is 2.28. The van der Waals surface area contributed by atoms with Gasteiger partial charge in [-0.25, -0.2) is 4.90 Å². The Balaban J connectivity index is 1.80. The smallest absolute Gasteiger partial charge is 0.282 e. The van der Waals surface area contributed by atoms with Crippen molar-refractivity contribution in [1.82, 2.24) is 4.90 Å². The number of hydrogen-bond donors (Lipinski definition) is 0. The van der Waals surface area contributed by atoms with Crippen molar-refractivity contribution < 1.29 is 19.2 Å². The number of non-ortho nitro benzene ring substituents is 1. The summed E-state index contributed by atoms with van der Waals surface area (Å²) in [7, 11) is 3.76. The van der Waals surface area contributed by atoms with E-state index in [1.54, 1.807) is 18.2 Å². The van der Waals surface area contributed by atoms with Gasteiger partial charge in [-0.15, -0.1) is 0 Å². The molecule has 0 spiro atoms. The average molecular weight is 422 g/mol. The lowest BCUT2D eigenvalue weighted by Gasteiger charge is -2.29. The average Bonchev–Trinajstić information content (AvgIpc) is 3.04. The zero-order valence-electron chi connectivity index (χ0n) is 17.3. The van der Waals surface area contributed by atoms with E-state index in [9.17, 15) is 19.7 Å². The number of carbonyl (C=O) groups excluding carboxylic acids is 2. The maximum atomic E-state index is 13.5. The van der Waals surface area contributed by atoms with Gasteiger partial charge in [-0.3, -0.25) is 19.7 Å². The SMILES string of the molecule is CN(C)c1cccc(N2C(=O)C(c3ccc([N+](=O)[O-])cc3)=C(N3CCOCC3)C2=O)c1. The molecule has 2 aromatic rings. The van der Waals surface area contributed by atoms with Crippen molar-refractivity contribution in [2.45, 2.75) is 0 Å². The molecule has 0 bridgehead atoms. The third-order valence-corrected chi connectivity index (χ3v) is 5.36. The second-order valence-corrected chi connectivity index (χ2v) is 7.49. The highest BCUT2D eigenvalue weighted by atomic mass is 16.6. The maximum Gasteiger partial charge on any atom is 0.282 e. The normalized spacial score (nSPS) is 16.8. The first-order chi connectivity index (χ1) is 14.9. The number of benzene rings is 2. The number of hydrogen-bond acceptors (Lipinski definition) is 7. The largest absolute Gasteiger partial charge is 0.378 e. The molecule has 0 N–H and O–H groups in total. The fraction of sp³-hybridized carbons (Fsp3) is 0.273. The minimum atomic E-state index is -0.498. The minimum Gasteiger partial charge on any atom is -0.378 e. The quantitative estimate of drug-likeness (QED) is 0.414. The first-order valence-electron chi connectivity index (χ1n) is 9.86. The molecular formula is C22H22N4O5. The van der Waals surface area contributed by atoms with Gasteiger partial charge in [0.2, 0.25) is 0 Å². The summed E-state index contributed by atoms with van der Waals surface area (Å²) in [6.07, 6.45) is 0. The third-order valence-electron chi connectivity index (χ3n) is 5.36. The predicted molar refractivity (Wildman–Crippen MR) is 116 cm³/mol. The molecule has 9 nitrogen and oxygen atoms in total. The number of nitrogens with zero attached hydrogens (tertiary/aromatic N) is 4. The van der Waals surface area contributed by atoms with Gasteiger partial charge in [-0.1, -0.05) is 6.07 Å². The molecular weight excluding hydrogens is 400 g/mol. The molecule has 0 unspecified atom stereocenters. The van der Waals surface area contributed by atoms with Crippen molar-refractivity contribution in [3.8, 4) is 0 Å². The summed E-state index contributed by atoms with van der Waals surface area (Å²) in [5, 5.41) is 11.0. The van der Waals surface area contributed by atoms with Gasteiger partial charge in [-0.05, 0) is 35.9 Å². The van der Waals surface area contributed by atoms with Crippen LogP contribution in [0.5, 0.6) is 0 Å². The number of nitro benzene ring substituents is 1. The highest BCUT2D eigenvalue weighted by Crippen LogP contribution is 2.36. The number of morpholine rings is 1. The van der Waals surface area contributed by atoms with Crippen molar-refractivity contribution in [2.75, 3.05) is 50.2 Å². The monoisotopic (exact) mass is 422 g/mol. The van der Waals surface area contributed by atoms with E-state index in [0.717, 1.165) is 5.69 Å². The van der Waals surface area contributed by atoms with Gasteiger partial charge in [-0.2, -0.15) is 0 Å². The molecule has 0 atom stereocenters. The van der Waals surface area contributed by atoms with Gasteiger partial charge in [0.05, 0.1) is 29.4 Å². The van der Waals surface area contributed by atoms with Crippen LogP contribution in [-0.4, -0.2) is 62.0 Å². The van der Waals surface area contributed by atoms with Crippen molar-refractivity contribution in [3.63, 3.8) is 0 Å². The van der Waals surface area contributed by atoms with Gasteiger partial charge in [0.25, 0.3) is 17.5 Å². The molecule has 2 amide bonds. The Kier molecular flexibility index (Phi) is 5.43. The lowest BCUT2D eigenvalue weighted by molar-refractivity contribution is -0.384. The van der Waals surface area contributed by atoms with Crippen LogP contribution in [0.2, 0.25) is 0 Å². The number of imide groups is 1. The minimum absolute atomic E-state index is 0.0791. The van der Waals surface area contributed by atoms with Crippen LogP contribution in [0.3, 0.4) is 0 Å². The zero-order valence-corrected chi connectivity index (χ0v) is 17.3. The van der Waals surface area contributed by atoms with Gasteiger partial charge >= 0.3 is 0 Å². The lowest BCUT2D eigenvalue weighted by Crippen LogP contribution is -2.40. The Morgan fingerprint density at radius 1 is 1.00 bits per heavy atom. The van der Waals surface area contributed by atoms with Crippen LogP contribution in [0.1, 0.15) is 5.56 Å². The van der Waals surface area contributed by atoms with E-state index in [2.05, 4.69) is 0 Å². The van der Waals surface area contributed by atoms with Crippen molar-refractivity contribution in [1.29, 1.82) is 0 Å². The van der Waals surface area contributed by atoms with Crippen molar-refractivity contribution in [3.05, 3.63) is 69.9 Å². The van der Waals surface area contributed by atoms with Crippen LogP contribution >= 0.6 is 0 Å². The van der Waals surface area contributed by atoms with E-state index >= 15 is 0 Å². The zero-order chi connectivity index (χ0) is 22.1. The van der Waals surface area contributed by atoms with Crippen molar-refractivity contribution in [2.24, 2.45) is 0 Å². The Morgan fingerprint density at radius 2 is 1.68 bits per heavy atom. The molecule has 0 radical (unpaired) electrons. The van der Waals surface area contributed by atoms with Gasteiger partial charge in [0.1, 0.15) is 5.70 Å². The summed E-state index contributed by atoms with van der Waals surface area (Å²) in [5.41, 5.74) is 2.27. The second kappa shape index (κ2) is 8.19. The number of anilines is 2. The molecule has 2 aliphatic heterocycles. The molecule has 2 aliphatic rings. The molecule has 0 aliphatic carbocycles. The van der Waals surface area contributed by atoms with Crippen molar-refractivity contribution >= 4 is 34.4 Å². The molecule has 2 heterocycles. The molecule has 9 heteroatoms. The van der Waals surface area contributed by atoms with Crippen LogP contribution < -0.4 is 9.80 Å². The van der Waals surface area contributed by atoms with E-state index in [4.69, 9.17) is 4.74 Å². The van der Waals surface area contributed by atoms with Crippen LogP contribution in [0.15, 0.2) is 54.2 Å². The molecule has 0 saturated carbocycles. The summed E-state index contributed by atoms with van der Waals surface area (Å²) in [5.74, 6) is -0.854. The molecule has 31 heavy (non-hydrogen) atoms. The molecule has 4 rings (SSSR count). The van der Waals surface area contributed by atoms with E-state index in [1.165, 1.54) is 29.2 Å². The first kappa shape index (κ1) is 20.5. The fourth-order valence-corrected chi connectivity index (χ4v) is 3.75. The van der Waals surface area contributed by atoms with E-state index in [1.807, 2.05) is 30.0 Å². The Labute approximate surface area is 179 Å². The first-order valence-corrected chi connectivity index (χ1v) is 9.86. The summed E-state index contributed by atoms with van der Waals surface area (Å²) in [4.78, 5) is 42.5. The van der Waals surface area contributed by atoms with E-state index < -0.39 is 16.7 Å². The Morgan fingerprint density at radius 3 is 2.29 bits per heavy atom. The third kappa shape index (κ3) is 3.75. The standard InChI is InChI=1S/C22H22N4O5/c1-23(2)17-4-3-5-18(14-17)25-21(27)19(15-6-8-16(9-7-15)26(29)30)20(22(25)28)24-10-12-31-13-11-24/h3-9,14H,10-13H2,1-2H3. The fourth-order valence-electron chi connectivity index (χ4n) is 3.75. The highest BCUT2D eigenvalue weighted by molar-refractivity contribution is 6.45. The summed E-state index contributed by atoms with van der Waals surface area (Å²) in [6.45, 7) is 1.87. The van der Waals surface area contributed by atoms with Gasteiger partial charge in [0.15, 0.2) is 0 Å². The number of amides is 2. The molecule has 1 fully saturated rings. The molecule has 160 valence electrons. The summed E-state index contributed by atoms with van der Waals surface area (Å²) in [6, 6.07) is 12.9. The van der Waals surface area contributed by atoms with Crippen LogP contribution in [-0.2, 0) is 14.3 Å². The number of nitro groups is 1. The van der Waals surface area contributed by atoms with Gasteiger partial charge < -0.3 is 14.5 Å². The van der Waals surface area contributed by atoms with Crippen LogP contribution in [0.25, 0.3) is 5.57 Å². The summed E-state index contributed by atoms with van der Waals surface area (Å²) < 4.78 is 5.40. The summed E-state index contributed by atoms with van der Waals surface area (Å²) >= 11 is 0. The Bertz CT molecular complexity index is 1070. The Hall–Kier alpha value is -3.72. The maximum absolute atomic E-state index is 13.5. The van der Waals surface area contributed by atoms with Gasteiger partial charge in [0, 0.05) is 45.0 Å². The number of carbonyl (C=O) groups is 2. The molecule has 1 saturated heterocycles. The van der Waals surface area contributed by atoms with E-state index in [0.29, 0.717) is 43.3 Å². The number of rotatable bonds is 5.